The summed E-state index contributed by atoms with van der Waals surface area (Å²) in [5, 5.41) is 3.61. The van der Waals surface area contributed by atoms with Crippen LogP contribution in [0.2, 0.25) is 0 Å². The fourth-order valence-corrected chi connectivity index (χ4v) is 3.73. The minimum atomic E-state index is 0.357. The molecule has 2 rings (SSSR count). The smallest absolute Gasteiger partial charge is 0.0702 e. The Morgan fingerprint density at radius 1 is 1.43 bits per heavy atom. The minimum Gasteiger partial charge on any atom is -0.377 e. The number of hydrogen-bond acceptors (Lipinski definition) is 3. The summed E-state index contributed by atoms with van der Waals surface area (Å²) in [4.78, 5) is 2.46. The van der Waals surface area contributed by atoms with Gasteiger partial charge in [0.05, 0.1) is 6.10 Å². The van der Waals surface area contributed by atoms with Gasteiger partial charge in [0.15, 0.2) is 0 Å². The third kappa shape index (κ3) is 4.52. The Bertz CT molecular complexity index is 441. The van der Waals surface area contributed by atoms with Crippen molar-refractivity contribution in [3.63, 3.8) is 0 Å². The highest BCUT2D eigenvalue weighted by Crippen LogP contribution is 2.26. The lowest BCUT2D eigenvalue weighted by Gasteiger charge is -2.29. The molecule has 118 valence electrons. The summed E-state index contributed by atoms with van der Waals surface area (Å²) in [6.45, 7) is 7.32. The van der Waals surface area contributed by atoms with Gasteiger partial charge in [-0.1, -0.05) is 41.1 Å². The molecule has 3 unspecified atom stereocenters. The second kappa shape index (κ2) is 8.28. The van der Waals surface area contributed by atoms with Crippen molar-refractivity contribution in [1.82, 2.24) is 10.2 Å². The van der Waals surface area contributed by atoms with Gasteiger partial charge in [-0.3, -0.25) is 0 Å². The molecular formula is C17H27BrN2O. The number of nitrogens with one attached hydrogen (secondary N) is 1. The van der Waals surface area contributed by atoms with Gasteiger partial charge < -0.3 is 15.0 Å². The van der Waals surface area contributed by atoms with Gasteiger partial charge >= 0.3 is 0 Å². The number of ether oxygens (including phenoxy) is 1. The van der Waals surface area contributed by atoms with Gasteiger partial charge in [0.1, 0.15) is 0 Å². The third-order valence-electron chi connectivity index (χ3n) is 4.40. The maximum Gasteiger partial charge on any atom is 0.0702 e. The summed E-state index contributed by atoms with van der Waals surface area (Å²) in [5.41, 5.74) is 1.35. The Labute approximate surface area is 137 Å². The second-order valence-corrected chi connectivity index (χ2v) is 6.69. The molecule has 1 aromatic carbocycles. The van der Waals surface area contributed by atoms with Crippen molar-refractivity contribution in [2.45, 2.75) is 44.9 Å². The molecule has 0 spiro atoms. The Morgan fingerprint density at radius 2 is 2.19 bits per heavy atom. The fraction of sp³-hybridized carbons (Fsp3) is 0.647. The zero-order valence-corrected chi connectivity index (χ0v) is 14.9. The SMILES string of the molecule is CCNC(CCN(C)C1CCOC1C)c1ccccc1Br. The van der Waals surface area contributed by atoms with Gasteiger partial charge in [-0.25, -0.2) is 0 Å². The van der Waals surface area contributed by atoms with E-state index in [4.69, 9.17) is 4.74 Å². The summed E-state index contributed by atoms with van der Waals surface area (Å²) < 4.78 is 6.87. The van der Waals surface area contributed by atoms with Crippen LogP contribution < -0.4 is 5.32 Å². The lowest BCUT2D eigenvalue weighted by atomic mass is 10.0. The van der Waals surface area contributed by atoms with Crippen molar-refractivity contribution in [2.24, 2.45) is 0 Å². The van der Waals surface area contributed by atoms with Crippen LogP contribution in [0.3, 0.4) is 0 Å². The van der Waals surface area contributed by atoms with Crippen LogP contribution in [-0.4, -0.2) is 43.8 Å². The molecule has 0 saturated carbocycles. The Balaban J connectivity index is 1.95. The first-order valence-electron chi connectivity index (χ1n) is 7.93. The lowest BCUT2D eigenvalue weighted by Crippen LogP contribution is -2.38. The van der Waals surface area contributed by atoms with Gasteiger partial charge in [-0.2, -0.15) is 0 Å². The standard InChI is InChI=1S/C17H27BrN2O/c1-4-19-16(14-7-5-6-8-15(14)18)9-11-20(3)17-10-12-21-13(17)2/h5-8,13,16-17,19H,4,9-12H2,1-3H3. The number of halogens is 1. The molecule has 1 aliphatic rings. The average molecular weight is 355 g/mol. The third-order valence-corrected chi connectivity index (χ3v) is 5.13. The number of hydrogen-bond donors (Lipinski definition) is 1. The summed E-state index contributed by atoms with van der Waals surface area (Å²) in [5.74, 6) is 0. The quantitative estimate of drug-likeness (QED) is 0.809. The molecule has 21 heavy (non-hydrogen) atoms. The first-order valence-corrected chi connectivity index (χ1v) is 8.72. The summed E-state index contributed by atoms with van der Waals surface area (Å²) in [6.07, 6.45) is 2.62. The van der Waals surface area contributed by atoms with E-state index in [0.717, 1.165) is 32.5 Å². The van der Waals surface area contributed by atoms with Crippen molar-refractivity contribution in [3.8, 4) is 0 Å². The number of rotatable bonds is 7. The van der Waals surface area contributed by atoms with E-state index in [1.54, 1.807) is 0 Å². The largest absolute Gasteiger partial charge is 0.377 e. The molecular weight excluding hydrogens is 328 g/mol. The molecule has 1 heterocycles. The predicted molar refractivity (Wildman–Crippen MR) is 91.6 cm³/mol. The molecule has 1 saturated heterocycles. The van der Waals surface area contributed by atoms with E-state index < -0.39 is 0 Å². The van der Waals surface area contributed by atoms with E-state index in [1.807, 2.05) is 0 Å². The summed E-state index contributed by atoms with van der Waals surface area (Å²) in [6, 6.07) is 9.47. The zero-order valence-electron chi connectivity index (χ0n) is 13.3. The van der Waals surface area contributed by atoms with Crippen LogP contribution in [-0.2, 0) is 4.74 Å². The van der Waals surface area contributed by atoms with E-state index in [1.165, 1.54) is 10.0 Å². The fourth-order valence-electron chi connectivity index (χ4n) is 3.17. The average Bonchev–Trinajstić information content (AvgIpc) is 2.90. The molecule has 0 aromatic heterocycles. The van der Waals surface area contributed by atoms with E-state index >= 15 is 0 Å². The normalized spacial score (nSPS) is 23.7. The molecule has 3 nitrogen and oxygen atoms in total. The molecule has 0 aliphatic carbocycles. The number of likely N-dealkylation sites (N-methyl/N-ethyl adjacent to an activating group) is 1. The van der Waals surface area contributed by atoms with E-state index in [0.29, 0.717) is 18.2 Å². The first-order chi connectivity index (χ1) is 10.1. The van der Waals surface area contributed by atoms with Gasteiger partial charge in [0.25, 0.3) is 0 Å². The topological polar surface area (TPSA) is 24.5 Å². The van der Waals surface area contributed by atoms with E-state index in [2.05, 4.69) is 71.3 Å². The molecule has 3 atom stereocenters. The van der Waals surface area contributed by atoms with Crippen molar-refractivity contribution < 1.29 is 4.74 Å². The van der Waals surface area contributed by atoms with Crippen molar-refractivity contribution >= 4 is 15.9 Å². The number of benzene rings is 1. The molecule has 0 radical (unpaired) electrons. The highest BCUT2D eigenvalue weighted by Gasteiger charge is 2.28. The van der Waals surface area contributed by atoms with Gasteiger partial charge in [-0.15, -0.1) is 0 Å². The molecule has 0 bridgehead atoms. The highest BCUT2D eigenvalue weighted by molar-refractivity contribution is 9.10. The predicted octanol–water partition coefficient (Wildman–Crippen LogP) is 3.60. The first kappa shape index (κ1) is 16.9. The molecule has 0 amide bonds. The van der Waals surface area contributed by atoms with Gasteiger partial charge in [0, 0.05) is 29.7 Å². The van der Waals surface area contributed by atoms with Crippen LogP contribution in [0, 0.1) is 0 Å². The highest BCUT2D eigenvalue weighted by atomic mass is 79.9. The molecule has 1 fully saturated rings. The Hall–Kier alpha value is -0.420. The Morgan fingerprint density at radius 3 is 2.81 bits per heavy atom. The van der Waals surface area contributed by atoms with Crippen molar-refractivity contribution in [1.29, 1.82) is 0 Å². The van der Waals surface area contributed by atoms with E-state index in [-0.39, 0.29) is 0 Å². The van der Waals surface area contributed by atoms with Gasteiger partial charge in [-0.05, 0) is 45.0 Å². The maximum absolute atomic E-state index is 5.68. The molecule has 4 heteroatoms. The number of nitrogens with zero attached hydrogens (tertiary/aromatic N) is 1. The molecule has 1 aliphatic heterocycles. The summed E-state index contributed by atoms with van der Waals surface area (Å²) >= 11 is 3.68. The molecule has 1 aromatic rings. The van der Waals surface area contributed by atoms with Crippen LogP contribution in [0.1, 0.15) is 38.3 Å². The van der Waals surface area contributed by atoms with Gasteiger partial charge in [0.2, 0.25) is 0 Å². The van der Waals surface area contributed by atoms with Crippen LogP contribution in [0.5, 0.6) is 0 Å². The Kier molecular flexibility index (Phi) is 6.68. The van der Waals surface area contributed by atoms with Crippen molar-refractivity contribution in [3.05, 3.63) is 34.3 Å². The van der Waals surface area contributed by atoms with Crippen molar-refractivity contribution in [2.75, 3.05) is 26.7 Å². The van der Waals surface area contributed by atoms with E-state index in [9.17, 15) is 0 Å². The van der Waals surface area contributed by atoms with Crippen LogP contribution >= 0.6 is 15.9 Å². The van der Waals surface area contributed by atoms with Crippen LogP contribution in [0.4, 0.5) is 0 Å². The van der Waals surface area contributed by atoms with Crippen LogP contribution in [0.25, 0.3) is 0 Å². The zero-order chi connectivity index (χ0) is 15.2. The monoisotopic (exact) mass is 354 g/mol. The minimum absolute atomic E-state index is 0.357. The second-order valence-electron chi connectivity index (χ2n) is 5.83. The van der Waals surface area contributed by atoms with Crippen LogP contribution in [0.15, 0.2) is 28.7 Å². The maximum atomic E-state index is 5.68. The summed E-state index contributed by atoms with van der Waals surface area (Å²) in [7, 11) is 2.22. The lowest BCUT2D eigenvalue weighted by molar-refractivity contribution is 0.0823. The molecule has 1 N–H and O–H groups in total.